The monoisotopic (exact) mass is 270 g/mol. The predicted molar refractivity (Wildman–Crippen MR) is 71.0 cm³/mol. The number of halogens is 1. The van der Waals surface area contributed by atoms with Crippen LogP contribution in [0.25, 0.3) is 0 Å². The Bertz CT molecular complexity index is 471. The Morgan fingerprint density at radius 3 is 2.88 bits per heavy atom. The summed E-state index contributed by atoms with van der Waals surface area (Å²) in [6.45, 7) is 0.564. The number of nitrogens with zero attached hydrogens (tertiary/aromatic N) is 1. The van der Waals surface area contributed by atoms with Crippen LogP contribution in [-0.2, 0) is 12.3 Å². The van der Waals surface area contributed by atoms with Gasteiger partial charge in [-0.05, 0) is 12.1 Å². The minimum Gasteiger partial charge on any atom is -0.326 e. The molecule has 1 aromatic heterocycles. The molecule has 5 heteroatoms. The van der Waals surface area contributed by atoms with Crippen LogP contribution in [0.2, 0.25) is 5.02 Å². The van der Waals surface area contributed by atoms with Crippen LogP contribution < -0.4 is 5.73 Å². The van der Waals surface area contributed by atoms with Gasteiger partial charge in [-0.25, -0.2) is 4.98 Å². The molecule has 2 rings (SSSR count). The van der Waals surface area contributed by atoms with Gasteiger partial charge in [-0.1, -0.05) is 23.7 Å². The van der Waals surface area contributed by atoms with E-state index in [1.807, 2.05) is 30.5 Å². The van der Waals surface area contributed by atoms with Gasteiger partial charge in [0, 0.05) is 22.5 Å². The van der Waals surface area contributed by atoms with E-state index in [2.05, 4.69) is 4.98 Å². The number of benzene rings is 1. The summed E-state index contributed by atoms with van der Waals surface area (Å²) in [5.41, 5.74) is 5.54. The van der Waals surface area contributed by atoms with Gasteiger partial charge >= 0.3 is 0 Å². The zero-order valence-corrected chi connectivity index (χ0v) is 10.9. The molecule has 0 aliphatic rings. The first-order chi connectivity index (χ1) is 7.79. The van der Waals surface area contributed by atoms with Crippen LogP contribution in [0.3, 0.4) is 0 Å². The van der Waals surface area contributed by atoms with Crippen molar-refractivity contribution in [2.75, 3.05) is 0 Å². The molecule has 0 aliphatic heterocycles. The fourth-order valence-electron chi connectivity index (χ4n) is 1.21. The molecule has 0 fully saturated rings. The van der Waals surface area contributed by atoms with Crippen molar-refractivity contribution in [1.82, 2.24) is 4.98 Å². The molecule has 0 unspecified atom stereocenters. The van der Waals surface area contributed by atoms with Gasteiger partial charge in [-0.15, -0.1) is 23.1 Å². The van der Waals surface area contributed by atoms with E-state index in [1.165, 1.54) is 0 Å². The summed E-state index contributed by atoms with van der Waals surface area (Å²) in [5, 5.41) is 1.88. The van der Waals surface area contributed by atoms with Crippen molar-refractivity contribution in [2.24, 2.45) is 5.73 Å². The van der Waals surface area contributed by atoms with E-state index in [0.717, 1.165) is 25.6 Å². The number of hydrogen-bond donors (Lipinski definition) is 1. The average molecular weight is 271 g/mol. The molecule has 0 aliphatic carbocycles. The van der Waals surface area contributed by atoms with E-state index in [4.69, 9.17) is 17.3 Å². The Labute approximate surface area is 108 Å². The van der Waals surface area contributed by atoms with Crippen LogP contribution in [0.4, 0.5) is 0 Å². The van der Waals surface area contributed by atoms with E-state index in [0.29, 0.717) is 6.54 Å². The second-order valence-corrected chi connectivity index (χ2v) is 5.77. The van der Waals surface area contributed by atoms with Gasteiger partial charge < -0.3 is 5.73 Å². The molecule has 0 saturated carbocycles. The van der Waals surface area contributed by atoms with Gasteiger partial charge in [0.05, 0.1) is 10.8 Å². The highest BCUT2D eigenvalue weighted by Gasteiger charge is 2.04. The minimum atomic E-state index is 0.564. The maximum atomic E-state index is 6.07. The molecule has 1 aromatic carbocycles. The first-order valence-electron chi connectivity index (χ1n) is 4.80. The predicted octanol–water partition coefficient (Wildman–Crippen LogP) is 3.55. The molecule has 2 N–H and O–H groups in total. The lowest BCUT2D eigenvalue weighted by Gasteiger charge is -2.01. The molecule has 0 saturated heterocycles. The van der Waals surface area contributed by atoms with Gasteiger partial charge in [0.1, 0.15) is 5.01 Å². The summed E-state index contributed by atoms with van der Waals surface area (Å²) in [5.74, 6) is 0.842. The SMILES string of the molecule is NCc1cnc(CSc2ccccc2Cl)s1. The Morgan fingerprint density at radius 2 is 2.19 bits per heavy atom. The third-order valence-electron chi connectivity index (χ3n) is 1.99. The number of thiazole rings is 1. The molecule has 0 atom stereocenters. The first kappa shape index (κ1) is 11.9. The molecule has 0 amide bonds. The highest BCUT2D eigenvalue weighted by molar-refractivity contribution is 7.98. The number of rotatable bonds is 4. The second kappa shape index (κ2) is 5.68. The first-order valence-corrected chi connectivity index (χ1v) is 6.98. The third kappa shape index (κ3) is 2.98. The number of hydrogen-bond acceptors (Lipinski definition) is 4. The summed E-state index contributed by atoms with van der Waals surface area (Å²) in [6, 6.07) is 7.84. The van der Waals surface area contributed by atoms with Gasteiger partial charge in [-0.2, -0.15) is 0 Å². The van der Waals surface area contributed by atoms with Crippen molar-refractivity contribution in [3.8, 4) is 0 Å². The fourth-order valence-corrected chi connectivity index (χ4v) is 3.25. The summed E-state index contributed by atoms with van der Waals surface area (Å²) < 4.78 is 0. The van der Waals surface area contributed by atoms with Crippen molar-refractivity contribution < 1.29 is 0 Å². The van der Waals surface area contributed by atoms with Crippen LogP contribution in [-0.4, -0.2) is 4.98 Å². The van der Waals surface area contributed by atoms with E-state index >= 15 is 0 Å². The number of nitrogens with two attached hydrogens (primary N) is 1. The van der Waals surface area contributed by atoms with Crippen molar-refractivity contribution in [2.45, 2.75) is 17.2 Å². The molecular weight excluding hydrogens is 260 g/mol. The Hall–Kier alpha value is -0.550. The van der Waals surface area contributed by atoms with Crippen LogP contribution in [0, 0.1) is 0 Å². The molecule has 84 valence electrons. The van der Waals surface area contributed by atoms with Gasteiger partial charge in [0.15, 0.2) is 0 Å². The summed E-state index contributed by atoms with van der Waals surface area (Å²) in [7, 11) is 0. The van der Waals surface area contributed by atoms with Crippen molar-refractivity contribution >= 4 is 34.7 Å². The largest absolute Gasteiger partial charge is 0.326 e. The second-order valence-electron chi connectivity index (χ2n) is 3.14. The smallest absolute Gasteiger partial charge is 0.103 e. The van der Waals surface area contributed by atoms with Crippen molar-refractivity contribution in [3.05, 3.63) is 45.4 Å². The molecular formula is C11H11ClN2S2. The minimum absolute atomic E-state index is 0.564. The summed E-state index contributed by atoms with van der Waals surface area (Å²) in [6.07, 6.45) is 1.84. The van der Waals surface area contributed by atoms with E-state index in [-0.39, 0.29) is 0 Å². The normalized spacial score (nSPS) is 10.6. The lowest BCUT2D eigenvalue weighted by Crippen LogP contribution is -1.91. The van der Waals surface area contributed by atoms with Crippen LogP contribution in [0.15, 0.2) is 35.4 Å². The van der Waals surface area contributed by atoms with Crippen LogP contribution in [0.5, 0.6) is 0 Å². The molecule has 0 radical (unpaired) electrons. The number of thioether (sulfide) groups is 1. The van der Waals surface area contributed by atoms with E-state index < -0.39 is 0 Å². The molecule has 2 aromatic rings. The summed E-state index contributed by atoms with van der Waals surface area (Å²) >= 11 is 9.42. The van der Waals surface area contributed by atoms with E-state index in [1.54, 1.807) is 23.1 Å². The molecule has 0 bridgehead atoms. The highest BCUT2D eigenvalue weighted by Crippen LogP contribution is 2.30. The summed E-state index contributed by atoms with van der Waals surface area (Å²) in [4.78, 5) is 6.52. The van der Waals surface area contributed by atoms with Gasteiger partial charge in [0.25, 0.3) is 0 Å². The Morgan fingerprint density at radius 1 is 1.38 bits per heavy atom. The number of aromatic nitrogens is 1. The lowest BCUT2D eigenvalue weighted by molar-refractivity contribution is 1.09. The van der Waals surface area contributed by atoms with E-state index in [9.17, 15) is 0 Å². The zero-order chi connectivity index (χ0) is 11.4. The fraction of sp³-hybridized carbons (Fsp3) is 0.182. The van der Waals surface area contributed by atoms with Gasteiger partial charge in [0.2, 0.25) is 0 Å². The average Bonchev–Trinajstić information content (AvgIpc) is 2.76. The van der Waals surface area contributed by atoms with Crippen molar-refractivity contribution in [1.29, 1.82) is 0 Å². The third-order valence-corrected chi connectivity index (χ3v) is 4.72. The highest BCUT2D eigenvalue weighted by atomic mass is 35.5. The van der Waals surface area contributed by atoms with Crippen molar-refractivity contribution in [3.63, 3.8) is 0 Å². The molecule has 0 spiro atoms. The maximum Gasteiger partial charge on any atom is 0.103 e. The zero-order valence-electron chi connectivity index (χ0n) is 8.52. The molecule has 16 heavy (non-hydrogen) atoms. The molecule has 2 nitrogen and oxygen atoms in total. The Balaban J connectivity index is 1.99. The van der Waals surface area contributed by atoms with Gasteiger partial charge in [-0.3, -0.25) is 0 Å². The van der Waals surface area contributed by atoms with Crippen LogP contribution >= 0.6 is 34.7 Å². The Kier molecular flexibility index (Phi) is 4.23. The standard InChI is InChI=1S/C11H11ClN2S2/c12-9-3-1-2-4-10(9)15-7-11-14-6-8(5-13)16-11/h1-4,6H,5,7,13H2. The lowest BCUT2D eigenvalue weighted by atomic mass is 10.4. The van der Waals surface area contributed by atoms with Crippen LogP contribution in [0.1, 0.15) is 9.88 Å². The quantitative estimate of drug-likeness (QED) is 0.864. The maximum absolute atomic E-state index is 6.07. The topological polar surface area (TPSA) is 38.9 Å². The molecule has 1 heterocycles.